The summed E-state index contributed by atoms with van der Waals surface area (Å²) in [5, 5.41) is 15.7. The van der Waals surface area contributed by atoms with Crippen LogP contribution in [0.25, 0.3) is 0 Å². The number of carbonyl (C=O) groups excluding carboxylic acids is 1. The molecule has 0 aliphatic heterocycles. The number of benzene rings is 1. The summed E-state index contributed by atoms with van der Waals surface area (Å²) in [6, 6.07) is 8.04. The van der Waals surface area contributed by atoms with Gasteiger partial charge in [0.15, 0.2) is 0 Å². The first-order valence-corrected chi connectivity index (χ1v) is 9.03. The number of amides is 2. The van der Waals surface area contributed by atoms with E-state index in [1.807, 2.05) is 12.1 Å². The first-order chi connectivity index (χ1) is 11.5. The van der Waals surface area contributed by atoms with Crippen molar-refractivity contribution in [2.24, 2.45) is 5.92 Å². The Morgan fingerprint density at radius 2 is 1.83 bits per heavy atom. The van der Waals surface area contributed by atoms with E-state index >= 15 is 0 Å². The molecule has 0 bridgehead atoms. The molecule has 1 unspecified atom stereocenters. The summed E-state index contributed by atoms with van der Waals surface area (Å²) in [6.07, 6.45) is 1.36. The summed E-state index contributed by atoms with van der Waals surface area (Å²) in [4.78, 5) is 14.1. The van der Waals surface area contributed by atoms with Gasteiger partial charge in [0.1, 0.15) is 0 Å². The Labute approximate surface area is 146 Å². The van der Waals surface area contributed by atoms with Crippen LogP contribution in [0.1, 0.15) is 39.2 Å². The number of hydrogen-bond donors (Lipinski definition) is 3. The van der Waals surface area contributed by atoms with Crippen molar-refractivity contribution in [1.82, 2.24) is 10.6 Å². The monoisotopic (exact) mass is 335 g/mol. The van der Waals surface area contributed by atoms with Gasteiger partial charge in [0.05, 0.1) is 6.10 Å². The van der Waals surface area contributed by atoms with Crippen LogP contribution >= 0.6 is 0 Å². The molecule has 3 N–H and O–H groups in total. The number of aryl methyl sites for hydroxylation is 1. The second-order valence-corrected chi connectivity index (χ2v) is 6.15. The van der Waals surface area contributed by atoms with Gasteiger partial charge in [0, 0.05) is 31.9 Å². The number of aliphatic hydroxyl groups is 1. The van der Waals surface area contributed by atoms with Crippen LogP contribution in [-0.4, -0.2) is 43.4 Å². The molecule has 2 amide bonds. The van der Waals surface area contributed by atoms with Gasteiger partial charge < -0.3 is 20.6 Å². The Morgan fingerprint density at radius 3 is 2.42 bits per heavy atom. The first-order valence-electron chi connectivity index (χ1n) is 9.03. The third kappa shape index (κ3) is 6.40. The highest BCUT2D eigenvalue weighted by Crippen LogP contribution is 2.18. The summed E-state index contributed by atoms with van der Waals surface area (Å²) in [5.41, 5.74) is 2.43. The highest BCUT2D eigenvalue weighted by molar-refractivity contribution is 5.73. The summed E-state index contributed by atoms with van der Waals surface area (Å²) < 4.78 is 0. The van der Waals surface area contributed by atoms with Crippen LogP contribution in [0.5, 0.6) is 0 Å². The zero-order valence-electron chi connectivity index (χ0n) is 15.5. The molecular formula is C19H33N3O2. The lowest BCUT2D eigenvalue weighted by Crippen LogP contribution is -2.44. The van der Waals surface area contributed by atoms with Crippen LogP contribution in [0.4, 0.5) is 10.5 Å². The number of carbonyl (C=O) groups is 1. The quantitative estimate of drug-likeness (QED) is 0.616. The van der Waals surface area contributed by atoms with E-state index in [9.17, 15) is 9.90 Å². The zero-order chi connectivity index (χ0) is 17.9. The van der Waals surface area contributed by atoms with Gasteiger partial charge in [0.25, 0.3) is 0 Å². The highest BCUT2D eigenvalue weighted by Gasteiger charge is 2.16. The van der Waals surface area contributed by atoms with E-state index < -0.39 is 6.10 Å². The zero-order valence-corrected chi connectivity index (χ0v) is 15.5. The van der Waals surface area contributed by atoms with E-state index in [-0.39, 0.29) is 11.9 Å². The summed E-state index contributed by atoms with van der Waals surface area (Å²) >= 11 is 0. The van der Waals surface area contributed by atoms with Crippen LogP contribution in [0.3, 0.4) is 0 Å². The largest absolute Gasteiger partial charge is 0.391 e. The van der Waals surface area contributed by atoms with Crippen LogP contribution in [0.2, 0.25) is 0 Å². The first kappa shape index (κ1) is 20.3. The molecule has 0 saturated heterocycles. The van der Waals surface area contributed by atoms with Crippen molar-refractivity contribution in [1.29, 1.82) is 0 Å². The molecule has 5 heteroatoms. The summed E-state index contributed by atoms with van der Waals surface area (Å²) in [6.45, 7) is 10.8. The topological polar surface area (TPSA) is 64.6 Å². The minimum atomic E-state index is -0.482. The van der Waals surface area contributed by atoms with Gasteiger partial charge in [-0.15, -0.1) is 0 Å². The Bertz CT molecular complexity index is 489. The van der Waals surface area contributed by atoms with Gasteiger partial charge >= 0.3 is 6.03 Å². The standard InChI is InChI=1S/C19H33N3O2/c1-5-16(6-2)18(23)14-21-19(24)20-12-13-22(7-3)17-11-9-8-10-15(17)4/h8-11,16,18,23H,5-7,12-14H2,1-4H3,(H2,20,21,24). The average molecular weight is 335 g/mol. The number of nitrogens with zero attached hydrogens (tertiary/aromatic N) is 1. The molecule has 0 aliphatic rings. The van der Waals surface area contributed by atoms with Gasteiger partial charge in [0.2, 0.25) is 0 Å². The van der Waals surface area contributed by atoms with Crippen molar-refractivity contribution in [2.45, 2.75) is 46.6 Å². The number of aliphatic hydroxyl groups excluding tert-OH is 1. The fourth-order valence-electron chi connectivity index (χ4n) is 2.93. The van der Waals surface area contributed by atoms with E-state index in [1.165, 1.54) is 11.3 Å². The highest BCUT2D eigenvalue weighted by atomic mass is 16.3. The molecule has 1 atom stereocenters. The van der Waals surface area contributed by atoms with E-state index in [4.69, 9.17) is 0 Å². The molecule has 0 spiro atoms. The normalized spacial score (nSPS) is 12.1. The number of hydrogen-bond acceptors (Lipinski definition) is 3. The van der Waals surface area contributed by atoms with E-state index in [2.05, 4.69) is 55.4 Å². The summed E-state index contributed by atoms with van der Waals surface area (Å²) in [5.74, 6) is 0.238. The van der Waals surface area contributed by atoms with Crippen molar-refractivity contribution in [3.63, 3.8) is 0 Å². The Kier molecular flexibility index (Phi) is 9.23. The van der Waals surface area contributed by atoms with Crippen molar-refractivity contribution < 1.29 is 9.90 Å². The molecule has 1 aromatic carbocycles. The number of likely N-dealkylation sites (N-methyl/N-ethyl adjacent to an activating group) is 1. The molecule has 0 aromatic heterocycles. The predicted octanol–water partition coefficient (Wildman–Crippen LogP) is 2.92. The Morgan fingerprint density at radius 1 is 1.17 bits per heavy atom. The molecule has 5 nitrogen and oxygen atoms in total. The second kappa shape index (κ2) is 10.9. The number of nitrogens with one attached hydrogen (secondary N) is 2. The number of anilines is 1. The molecule has 0 radical (unpaired) electrons. The molecule has 0 saturated carbocycles. The van der Waals surface area contributed by atoms with Crippen LogP contribution in [0, 0.1) is 12.8 Å². The lowest BCUT2D eigenvalue weighted by molar-refractivity contribution is 0.103. The molecule has 1 aromatic rings. The van der Waals surface area contributed by atoms with Gasteiger partial charge in [-0.3, -0.25) is 0 Å². The van der Waals surface area contributed by atoms with E-state index in [0.29, 0.717) is 13.1 Å². The number of para-hydroxylation sites is 1. The third-order valence-corrected chi connectivity index (χ3v) is 4.57. The average Bonchev–Trinajstić information content (AvgIpc) is 2.59. The predicted molar refractivity (Wildman–Crippen MR) is 101 cm³/mol. The molecule has 0 fully saturated rings. The van der Waals surface area contributed by atoms with Crippen molar-refractivity contribution >= 4 is 11.7 Å². The van der Waals surface area contributed by atoms with Crippen molar-refractivity contribution in [3.8, 4) is 0 Å². The second-order valence-electron chi connectivity index (χ2n) is 6.15. The maximum absolute atomic E-state index is 11.9. The van der Waals surface area contributed by atoms with Crippen LogP contribution in [-0.2, 0) is 0 Å². The number of rotatable bonds is 10. The van der Waals surface area contributed by atoms with Gasteiger partial charge in [-0.1, -0.05) is 44.9 Å². The fraction of sp³-hybridized carbons (Fsp3) is 0.632. The fourth-order valence-corrected chi connectivity index (χ4v) is 2.93. The minimum absolute atomic E-state index is 0.221. The summed E-state index contributed by atoms with van der Waals surface area (Å²) in [7, 11) is 0. The Hall–Kier alpha value is -1.75. The van der Waals surface area contributed by atoms with Crippen molar-refractivity contribution in [3.05, 3.63) is 29.8 Å². The van der Waals surface area contributed by atoms with Gasteiger partial charge in [-0.05, 0) is 31.4 Å². The van der Waals surface area contributed by atoms with Gasteiger partial charge in [-0.2, -0.15) is 0 Å². The molecule has 24 heavy (non-hydrogen) atoms. The SMILES string of the molecule is CCC(CC)C(O)CNC(=O)NCCN(CC)c1ccccc1C. The van der Waals surface area contributed by atoms with E-state index in [1.54, 1.807) is 0 Å². The van der Waals surface area contributed by atoms with Crippen LogP contribution in [0.15, 0.2) is 24.3 Å². The third-order valence-electron chi connectivity index (χ3n) is 4.57. The minimum Gasteiger partial charge on any atom is -0.391 e. The Balaban J connectivity index is 2.35. The lowest BCUT2D eigenvalue weighted by Gasteiger charge is -2.25. The molecule has 0 aliphatic carbocycles. The molecule has 136 valence electrons. The maximum Gasteiger partial charge on any atom is 0.314 e. The smallest absolute Gasteiger partial charge is 0.314 e. The molecule has 0 heterocycles. The number of urea groups is 1. The molecular weight excluding hydrogens is 302 g/mol. The maximum atomic E-state index is 11.9. The van der Waals surface area contributed by atoms with Crippen LogP contribution < -0.4 is 15.5 Å². The molecule has 1 rings (SSSR count). The van der Waals surface area contributed by atoms with E-state index in [0.717, 1.165) is 25.9 Å². The lowest BCUT2D eigenvalue weighted by atomic mass is 9.97. The van der Waals surface area contributed by atoms with Gasteiger partial charge in [-0.25, -0.2) is 4.79 Å². The van der Waals surface area contributed by atoms with Crippen molar-refractivity contribution in [2.75, 3.05) is 31.1 Å².